The molecule has 3 rings (SSSR count). The van der Waals surface area contributed by atoms with Gasteiger partial charge >= 0.3 is 0 Å². The van der Waals surface area contributed by atoms with Crippen molar-refractivity contribution in [2.24, 2.45) is 0 Å². The van der Waals surface area contributed by atoms with Crippen LogP contribution in [0.1, 0.15) is 17.0 Å². The molecule has 0 aliphatic rings. The molecule has 0 amide bonds. The summed E-state index contributed by atoms with van der Waals surface area (Å²) in [5.74, 6) is -0.239. The topological polar surface area (TPSA) is 30.7 Å². The highest BCUT2D eigenvalue weighted by Crippen LogP contribution is 2.19. The predicted molar refractivity (Wildman–Crippen MR) is 72.5 cm³/mol. The lowest BCUT2D eigenvalue weighted by Gasteiger charge is -2.08. The molecular formula is C15H14FN3. The van der Waals surface area contributed by atoms with Crippen molar-refractivity contribution in [1.29, 1.82) is 0 Å². The molecular weight excluding hydrogens is 241 g/mol. The third kappa shape index (κ3) is 2.21. The number of hydrogen-bond acceptors (Lipinski definition) is 2. The van der Waals surface area contributed by atoms with Crippen LogP contribution in [0.25, 0.3) is 10.9 Å². The summed E-state index contributed by atoms with van der Waals surface area (Å²) in [4.78, 5) is 4.35. The van der Waals surface area contributed by atoms with Crippen molar-refractivity contribution in [3.63, 3.8) is 0 Å². The maximum absolute atomic E-state index is 13.6. The van der Waals surface area contributed by atoms with Gasteiger partial charge in [-0.3, -0.25) is 9.67 Å². The quantitative estimate of drug-likeness (QED) is 0.703. The normalized spacial score (nSPS) is 11.1. The summed E-state index contributed by atoms with van der Waals surface area (Å²) in [6.07, 6.45) is 1.73. The number of halogens is 1. The highest BCUT2D eigenvalue weighted by molar-refractivity contribution is 5.81. The van der Waals surface area contributed by atoms with Crippen molar-refractivity contribution in [3.8, 4) is 0 Å². The van der Waals surface area contributed by atoms with Crippen LogP contribution in [0, 0.1) is 19.7 Å². The van der Waals surface area contributed by atoms with E-state index in [1.807, 2.05) is 36.7 Å². The van der Waals surface area contributed by atoms with Gasteiger partial charge in [0.25, 0.3) is 0 Å². The van der Waals surface area contributed by atoms with Crippen LogP contribution in [0.15, 0.2) is 36.5 Å². The van der Waals surface area contributed by atoms with Crippen molar-refractivity contribution < 1.29 is 4.39 Å². The molecule has 0 aliphatic carbocycles. The minimum absolute atomic E-state index is 0.239. The summed E-state index contributed by atoms with van der Waals surface area (Å²) in [5, 5.41) is 5.23. The molecule has 0 atom stereocenters. The van der Waals surface area contributed by atoms with Crippen LogP contribution >= 0.6 is 0 Å². The Labute approximate surface area is 110 Å². The lowest BCUT2D eigenvalue weighted by molar-refractivity contribution is 0.618. The zero-order chi connectivity index (χ0) is 13.4. The van der Waals surface area contributed by atoms with Gasteiger partial charge in [-0.25, -0.2) is 4.39 Å². The van der Waals surface area contributed by atoms with E-state index in [4.69, 9.17) is 0 Å². The zero-order valence-electron chi connectivity index (χ0n) is 10.9. The van der Waals surface area contributed by atoms with Gasteiger partial charge in [-0.15, -0.1) is 0 Å². The van der Waals surface area contributed by atoms with E-state index in [-0.39, 0.29) is 5.82 Å². The van der Waals surface area contributed by atoms with E-state index in [1.54, 1.807) is 6.20 Å². The largest absolute Gasteiger partial charge is 0.265 e. The van der Waals surface area contributed by atoms with E-state index in [0.29, 0.717) is 6.54 Å². The Hall–Kier alpha value is -2.23. The zero-order valence-corrected chi connectivity index (χ0v) is 10.9. The number of aryl methyl sites for hydroxylation is 2. The number of fused-ring (bicyclic) bond motifs is 1. The van der Waals surface area contributed by atoms with Crippen LogP contribution in [-0.4, -0.2) is 14.8 Å². The third-order valence-electron chi connectivity index (χ3n) is 3.17. The Balaban J connectivity index is 2.12. The fraction of sp³-hybridized carbons (Fsp3) is 0.200. The molecule has 0 unspecified atom stereocenters. The van der Waals surface area contributed by atoms with Gasteiger partial charge in [-0.05, 0) is 38.1 Å². The Morgan fingerprint density at radius 1 is 1.21 bits per heavy atom. The molecule has 0 saturated carbocycles. The molecule has 3 aromatic rings. The van der Waals surface area contributed by atoms with Gasteiger partial charge in [0.05, 0.1) is 17.8 Å². The second-order valence-corrected chi connectivity index (χ2v) is 4.72. The van der Waals surface area contributed by atoms with Gasteiger partial charge in [-0.2, -0.15) is 5.10 Å². The first-order valence-electron chi connectivity index (χ1n) is 6.18. The average Bonchev–Trinajstić information content (AvgIpc) is 2.67. The SMILES string of the molecule is Cc1cc(C)n(Cc2cc(F)cc3cccnc23)n1. The van der Waals surface area contributed by atoms with Crippen molar-refractivity contribution in [1.82, 2.24) is 14.8 Å². The molecule has 2 aromatic heterocycles. The number of benzene rings is 1. The third-order valence-corrected chi connectivity index (χ3v) is 3.17. The molecule has 0 bridgehead atoms. The highest BCUT2D eigenvalue weighted by atomic mass is 19.1. The predicted octanol–water partition coefficient (Wildman–Crippen LogP) is 3.24. The summed E-state index contributed by atoms with van der Waals surface area (Å²) < 4.78 is 15.5. The van der Waals surface area contributed by atoms with E-state index in [0.717, 1.165) is 27.9 Å². The standard InChI is InChI=1S/C15H14FN3/c1-10-6-11(2)19(18-10)9-13-8-14(16)7-12-4-3-5-17-15(12)13/h3-8H,9H2,1-2H3. The molecule has 0 fully saturated rings. The molecule has 19 heavy (non-hydrogen) atoms. The summed E-state index contributed by atoms with van der Waals surface area (Å²) in [7, 11) is 0. The second kappa shape index (κ2) is 4.46. The molecule has 4 heteroatoms. The van der Waals surface area contributed by atoms with E-state index in [1.165, 1.54) is 12.1 Å². The number of hydrogen-bond donors (Lipinski definition) is 0. The number of nitrogens with zero attached hydrogens (tertiary/aromatic N) is 3. The Kier molecular flexibility index (Phi) is 2.78. The minimum Gasteiger partial charge on any atom is -0.265 e. The second-order valence-electron chi connectivity index (χ2n) is 4.72. The molecule has 0 N–H and O–H groups in total. The van der Waals surface area contributed by atoms with Gasteiger partial charge < -0.3 is 0 Å². The van der Waals surface area contributed by atoms with Crippen LogP contribution in [0.3, 0.4) is 0 Å². The smallest absolute Gasteiger partial charge is 0.124 e. The molecule has 0 spiro atoms. The van der Waals surface area contributed by atoms with Crippen LogP contribution in [0.5, 0.6) is 0 Å². The van der Waals surface area contributed by atoms with Crippen molar-refractivity contribution in [3.05, 3.63) is 59.3 Å². The van der Waals surface area contributed by atoms with Gasteiger partial charge in [-0.1, -0.05) is 6.07 Å². The Bertz CT molecular complexity index is 746. The molecule has 3 nitrogen and oxygen atoms in total. The highest BCUT2D eigenvalue weighted by Gasteiger charge is 2.08. The summed E-state index contributed by atoms with van der Waals surface area (Å²) in [6, 6.07) is 8.73. The summed E-state index contributed by atoms with van der Waals surface area (Å²) in [6.45, 7) is 4.48. The van der Waals surface area contributed by atoms with Gasteiger partial charge in [0, 0.05) is 22.8 Å². The van der Waals surface area contributed by atoms with Crippen molar-refractivity contribution in [2.45, 2.75) is 20.4 Å². The van der Waals surface area contributed by atoms with Gasteiger partial charge in [0.2, 0.25) is 0 Å². The van der Waals surface area contributed by atoms with Crippen LogP contribution in [0.2, 0.25) is 0 Å². The lowest BCUT2D eigenvalue weighted by Crippen LogP contribution is -2.05. The maximum atomic E-state index is 13.6. The Morgan fingerprint density at radius 3 is 2.79 bits per heavy atom. The first-order chi connectivity index (χ1) is 9.13. The monoisotopic (exact) mass is 255 g/mol. The number of aromatic nitrogens is 3. The van der Waals surface area contributed by atoms with E-state index >= 15 is 0 Å². The Morgan fingerprint density at radius 2 is 2.05 bits per heavy atom. The van der Waals surface area contributed by atoms with Crippen molar-refractivity contribution in [2.75, 3.05) is 0 Å². The first-order valence-corrected chi connectivity index (χ1v) is 6.18. The number of rotatable bonds is 2. The molecule has 1 aromatic carbocycles. The van der Waals surface area contributed by atoms with Crippen molar-refractivity contribution >= 4 is 10.9 Å². The first kappa shape index (κ1) is 11.8. The lowest BCUT2D eigenvalue weighted by atomic mass is 10.1. The molecule has 0 radical (unpaired) electrons. The fourth-order valence-corrected chi connectivity index (χ4v) is 2.34. The molecule has 0 saturated heterocycles. The molecule has 2 heterocycles. The van der Waals surface area contributed by atoms with E-state index in [2.05, 4.69) is 10.1 Å². The summed E-state index contributed by atoms with van der Waals surface area (Å²) >= 11 is 0. The summed E-state index contributed by atoms with van der Waals surface area (Å²) in [5.41, 5.74) is 3.70. The minimum atomic E-state index is -0.239. The van der Waals surface area contributed by atoms with Crippen LogP contribution in [-0.2, 0) is 6.54 Å². The molecule has 96 valence electrons. The van der Waals surface area contributed by atoms with E-state index in [9.17, 15) is 4.39 Å². The van der Waals surface area contributed by atoms with Gasteiger partial charge in [0.15, 0.2) is 0 Å². The van der Waals surface area contributed by atoms with Gasteiger partial charge in [0.1, 0.15) is 5.82 Å². The average molecular weight is 255 g/mol. The maximum Gasteiger partial charge on any atom is 0.124 e. The van der Waals surface area contributed by atoms with E-state index < -0.39 is 0 Å². The van der Waals surface area contributed by atoms with Crippen LogP contribution < -0.4 is 0 Å². The van der Waals surface area contributed by atoms with Crippen LogP contribution in [0.4, 0.5) is 4.39 Å². The number of pyridine rings is 1. The fourth-order valence-electron chi connectivity index (χ4n) is 2.34. The molecule has 0 aliphatic heterocycles.